The minimum absolute atomic E-state index is 0.193. The van der Waals surface area contributed by atoms with Crippen molar-refractivity contribution in [3.63, 3.8) is 0 Å². The van der Waals surface area contributed by atoms with Crippen molar-refractivity contribution >= 4 is 0 Å². The van der Waals surface area contributed by atoms with Gasteiger partial charge in [0, 0.05) is 6.04 Å². The molecule has 0 aromatic heterocycles. The Kier molecular flexibility index (Phi) is 4.32. The zero-order valence-electron chi connectivity index (χ0n) is 12.7. The molecule has 1 aromatic rings. The van der Waals surface area contributed by atoms with E-state index in [-0.39, 0.29) is 12.1 Å². The lowest BCUT2D eigenvalue weighted by atomic mass is 9.82. The zero-order chi connectivity index (χ0) is 14.0. The van der Waals surface area contributed by atoms with Crippen LogP contribution in [0.5, 0.6) is 0 Å². The summed E-state index contributed by atoms with van der Waals surface area (Å²) in [5.74, 6) is 0. The maximum absolute atomic E-state index is 10.5. The third kappa shape index (κ3) is 3.58. The van der Waals surface area contributed by atoms with Gasteiger partial charge in [0.05, 0.1) is 6.10 Å². The van der Waals surface area contributed by atoms with E-state index in [1.165, 1.54) is 18.4 Å². The molecule has 0 spiro atoms. The number of likely N-dealkylation sites (tertiary alicyclic amines) is 1. The molecule has 1 aliphatic heterocycles. The monoisotopic (exact) mass is 261 g/mol. The Hall–Kier alpha value is -0.860. The number of aliphatic hydroxyl groups excluding tert-OH is 1. The number of nitrogens with zero attached hydrogens (tertiary/aromatic N) is 1. The number of piperidine rings is 1. The largest absolute Gasteiger partial charge is 0.387 e. The van der Waals surface area contributed by atoms with Gasteiger partial charge in [-0.2, -0.15) is 0 Å². The number of rotatable bonds is 3. The first-order valence-electron chi connectivity index (χ1n) is 7.38. The molecule has 2 unspecified atom stereocenters. The van der Waals surface area contributed by atoms with Crippen molar-refractivity contribution < 1.29 is 5.11 Å². The van der Waals surface area contributed by atoms with Crippen molar-refractivity contribution in [2.75, 3.05) is 13.1 Å². The van der Waals surface area contributed by atoms with Crippen LogP contribution in [-0.4, -0.2) is 29.1 Å². The third-order valence-electron chi connectivity index (χ3n) is 4.60. The highest BCUT2D eigenvalue weighted by Crippen LogP contribution is 2.32. The first-order valence-corrected chi connectivity index (χ1v) is 7.38. The standard InChI is InChI=1S/C17H27NO/c1-13-5-7-15(8-6-13)16(19)14(2)18-11-9-17(3,4)10-12-18/h5-8,14,16,19H,9-12H2,1-4H3. The van der Waals surface area contributed by atoms with Gasteiger partial charge in [-0.05, 0) is 50.8 Å². The number of aryl methyl sites for hydroxylation is 1. The summed E-state index contributed by atoms with van der Waals surface area (Å²) in [6.45, 7) is 11.1. The predicted molar refractivity (Wildman–Crippen MR) is 80.2 cm³/mol. The summed E-state index contributed by atoms with van der Waals surface area (Å²) < 4.78 is 0. The SMILES string of the molecule is Cc1ccc(C(O)C(C)N2CCC(C)(C)CC2)cc1. The highest BCUT2D eigenvalue weighted by molar-refractivity contribution is 5.24. The van der Waals surface area contributed by atoms with Crippen LogP contribution in [0.15, 0.2) is 24.3 Å². The highest BCUT2D eigenvalue weighted by Gasteiger charge is 2.30. The highest BCUT2D eigenvalue weighted by atomic mass is 16.3. The molecule has 2 rings (SSSR count). The van der Waals surface area contributed by atoms with Gasteiger partial charge in [-0.25, -0.2) is 0 Å². The molecule has 2 heteroatoms. The van der Waals surface area contributed by atoms with E-state index in [1.807, 2.05) is 12.1 Å². The summed E-state index contributed by atoms with van der Waals surface area (Å²) in [5.41, 5.74) is 2.73. The molecule has 1 aromatic carbocycles. The predicted octanol–water partition coefficient (Wildman–Crippen LogP) is 3.54. The van der Waals surface area contributed by atoms with Gasteiger partial charge in [0.15, 0.2) is 0 Å². The van der Waals surface area contributed by atoms with Gasteiger partial charge in [-0.15, -0.1) is 0 Å². The molecule has 1 aliphatic rings. The third-order valence-corrected chi connectivity index (χ3v) is 4.60. The van der Waals surface area contributed by atoms with Crippen LogP contribution in [0.25, 0.3) is 0 Å². The molecule has 0 aliphatic carbocycles. The Morgan fingerprint density at radius 3 is 2.16 bits per heavy atom. The first-order chi connectivity index (χ1) is 8.89. The molecule has 2 atom stereocenters. The van der Waals surface area contributed by atoms with Crippen LogP contribution in [0.3, 0.4) is 0 Å². The first kappa shape index (κ1) is 14.5. The van der Waals surface area contributed by atoms with Gasteiger partial charge < -0.3 is 5.11 Å². The number of hydrogen-bond acceptors (Lipinski definition) is 2. The van der Waals surface area contributed by atoms with E-state index in [0.29, 0.717) is 5.41 Å². The summed E-state index contributed by atoms with van der Waals surface area (Å²) in [6.07, 6.45) is 2.05. The van der Waals surface area contributed by atoms with Gasteiger partial charge in [0.25, 0.3) is 0 Å². The summed E-state index contributed by atoms with van der Waals surface area (Å²) in [7, 11) is 0. The molecule has 2 nitrogen and oxygen atoms in total. The molecule has 1 saturated heterocycles. The second-order valence-corrected chi connectivity index (χ2v) is 6.80. The zero-order valence-corrected chi connectivity index (χ0v) is 12.7. The minimum atomic E-state index is -0.387. The van der Waals surface area contributed by atoms with E-state index in [4.69, 9.17) is 0 Å². The van der Waals surface area contributed by atoms with Gasteiger partial charge in [-0.1, -0.05) is 43.7 Å². The fraction of sp³-hybridized carbons (Fsp3) is 0.647. The maximum Gasteiger partial charge on any atom is 0.0942 e. The maximum atomic E-state index is 10.5. The quantitative estimate of drug-likeness (QED) is 0.899. The lowest BCUT2D eigenvalue weighted by Crippen LogP contribution is -2.44. The fourth-order valence-corrected chi connectivity index (χ4v) is 2.78. The van der Waals surface area contributed by atoms with Crippen LogP contribution in [0.1, 0.15) is 50.8 Å². The second-order valence-electron chi connectivity index (χ2n) is 6.80. The van der Waals surface area contributed by atoms with Crippen molar-refractivity contribution in [2.45, 2.75) is 52.7 Å². The summed E-state index contributed by atoms with van der Waals surface area (Å²) in [4.78, 5) is 2.43. The molecule has 1 N–H and O–H groups in total. The summed E-state index contributed by atoms with van der Waals surface area (Å²) >= 11 is 0. The van der Waals surface area contributed by atoms with Gasteiger partial charge >= 0.3 is 0 Å². The number of hydrogen-bond donors (Lipinski definition) is 1. The van der Waals surface area contributed by atoms with Gasteiger partial charge in [0.2, 0.25) is 0 Å². The van der Waals surface area contributed by atoms with E-state index in [9.17, 15) is 5.11 Å². The van der Waals surface area contributed by atoms with Crippen molar-refractivity contribution in [2.24, 2.45) is 5.41 Å². The molecule has 1 heterocycles. The normalized spacial score (nSPS) is 23.0. The van der Waals surface area contributed by atoms with Crippen molar-refractivity contribution in [3.8, 4) is 0 Å². The molecule has 0 saturated carbocycles. The molecular weight excluding hydrogens is 234 g/mol. The number of benzene rings is 1. The molecule has 19 heavy (non-hydrogen) atoms. The minimum Gasteiger partial charge on any atom is -0.387 e. The smallest absolute Gasteiger partial charge is 0.0942 e. The topological polar surface area (TPSA) is 23.5 Å². The Labute approximate surface area is 117 Å². The van der Waals surface area contributed by atoms with E-state index in [0.717, 1.165) is 18.7 Å². The van der Waals surface area contributed by atoms with Crippen LogP contribution in [-0.2, 0) is 0 Å². The average Bonchev–Trinajstić information content (AvgIpc) is 2.38. The Balaban J connectivity index is 1.99. The van der Waals surface area contributed by atoms with E-state index in [2.05, 4.69) is 44.7 Å². The van der Waals surface area contributed by atoms with Gasteiger partial charge in [-0.3, -0.25) is 4.90 Å². The van der Waals surface area contributed by atoms with E-state index in [1.54, 1.807) is 0 Å². The molecule has 106 valence electrons. The Morgan fingerprint density at radius 2 is 1.63 bits per heavy atom. The summed E-state index contributed by atoms with van der Waals surface area (Å²) in [6, 6.07) is 8.43. The van der Waals surface area contributed by atoms with Crippen LogP contribution in [0.2, 0.25) is 0 Å². The lowest BCUT2D eigenvalue weighted by Gasteiger charge is -2.41. The van der Waals surface area contributed by atoms with Gasteiger partial charge in [0.1, 0.15) is 0 Å². The number of aliphatic hydroxyl groups is 1. The molecule has 0 amide bonds. The van der Waals surface area contributed by atoms with E-state index < -0.39 is 0 Å². The van der Waals surface area contributed by atoms with Crippen LogP contribution >= 0.6 is 0 Å². The Bertz CT molecular complexity index is 400. The lowest BCUT2D eigenvalue weighted by molar-refractivity contribution is 0.0234. The van der Waals surface area contributed by atoms with Crippen LogP contribution < -0.4 is 0 Å². The molecule has 0 bridgehead atoms. The van der Waals surface area contributed by atoms with E-state index >= 15 is 0 Å². The van der Waals surface area contributed by atoms with Crippen LogP contribution in [0.4, 0.5) is 0 Å². The molecular formula is C17H27NO. The summed E-state index contributed by atoms with van der Waals surface area (Å²) in [5, 5.41) is 10.5. The van der Waals surface area contributed by atoms with Crippen molar-refractivity contribution in [1.82, 2.24) is 4.90 Å². The van der Waals surface area contributed by atoms with Crippen molar-refractivity contribution in [1.29, 1.82) is 0 Å². The van der Waals surface area contributed by atoms with Crippen LogP contribution in [0, 0.1) is 12.3 Å². The molecule has 0 radical (unpaired) electrons. The molecule has 1 fully saturated rings. The second kappa shape index (κ2) is 5.64. The fourth-order valence-electron chi connectivity index (χ4n) is 2.78. The van der Waals surface area contributed by atoms with Crippen molar-refractivity contribution in [3.05, 3.63) is 35.4 Å². The Morgan fingerprint density at radius 1 is 1.11 bits per heavy atom. The average molecular weight is 261 g/mol.